The zero-order valence-electron chi connectivity index (χ0n) is 81.7. The van der Waals surface area contributed by atoms with Crippen molar-refractivity contribution in [1.29, 1.82) is 0 Å². The normalized spacial score (nSPS) is 10.4. The standard InChI is InChI=1S/6C14H28O2.5C3H8O3/c6*1-2-3-4-5-6-7-8-9-10-11-12-13-14(15)16;5*4-1-3(6)2-5/h6*2-13H2,1H3,(H,15,16);5*3-6H,1-2H2. The van der Waals surface area contributed by atoms with E-state index in [0.29, 0.717) is 38.5 Å². The molecule has 21 N–H and O–H groups in total. The fraction of sp³-hybridized carbons (Fsp3) is 0.939. The Morgan fingerprint density at radius 3 is 0.246 bits per heavy atom. The third kappa shape index (κ3) is 192. The Hall–Kier alpha value is -3.78. The summed E-state index contributed by atoms with van der Waals surface area (Å²) in [7, 11) is 0. The van der Waals surface area contributed by atoms with Crippen molar-refractivity contribution in [2.45, 2.75) is 534 Å². The quantitative estimate of drug-likeness (QED) is 0.0251. The second kappa shape index (κ2) is 142. The minimum Gasteiger partial charge on any atom is -0.481 e. The van der Waals surface area contributed by atoms with Crippen LogP contribution in [0.25, 0.3) is 0 Å². The summed E-state index contributed by atoms with van der Waals surface area (Å²) in [5, 5.41) is 171. The monoisotopic (exact) mass is 1830 g/mol. The largest absolute Gasteiger partial charge is 0.481 e. The van der Waals surface area contributed by atoms with Crippen molar-refractivity contribution in [1.82, 2.24) is 0 Å². The Morgan fingerprint density at radius 2 is 0.198 bits per heavy atom. The van der Waals surface area contributed by atoms with Crippen LogP contribution in [0.3, 0.4) is 0 Å². The number of aliphatic carboxylic acids is 6. The fourth-order valence-electron chi connectivity index (χ4n) is 11.9. The molecule has 0 aliphatic heterocycles. The van der Waals surface area contributed by atoms with Gasteiger partial charge in [0.1, 0.15) is 30.5 Å². The summed E-state index contributed by atoms with van der Waals surface area (Å²) in [6.07, 6.45) is 81.4. The number of aliphatic hydroxyl groups is 15. The first-order valence-electron chi connectivity index (χ1n) is 50.5. The molecule has 126 heavy (non-hydrogen) atoms. The molecule has 27 nitrogen and oxygen atoms in total. The Kier molecular flexibility index (Phi) is 163. The van der Waals surface area contributed by atoms with Gasteiger partial charge in [0.2, 0.25) is 0 Å². The molecule has 0 rings (SSSR count). The summed E-state index contributed by atoms with van der Waals surface area (Å²) >= 11 is 0. The lowest BCUT2D eigenvalue weighted by Gasteiger charge is -2.01. The first kappa shape index (κ1) is 145. The predicted molar refractivity (Wildman–Crippen MR) is 513 cm³/mol. The van der Waals surface area contributed by atoms with Gasteiger partial charge >= 0.3 is 35.8 Å². The molecule has 0 spiro atoms. The molecule has 0 heterocycles. The van der Waals surface area contributed by atoms with Gasteiger partial charge in [0.25, 0.3) is 0 Å². The summed E-state index contributed by atoms with van der Waals surface area (Å²) in [6, 6.07) is 0. The Balaban J connectivity index is -0.000000131. The lowest BCUT2D eigenvalue weighted by molar-refractivity contribution is -0.138. The lowest BCUT2D eigenvalue weighted by Crippen LogP contribution is -2.15. The van der Waals surface area contributed by atoms with Crippen molar-refractivity contribution in [3.8, 4) is 0 Å². The molecule has 0 saturated heterocycles. The zero-order chi connectivity index (χ0) is 97.3. The second-order valence-corrected chi connectivity index (χ2v) is 33.2. The molecule has 0 aromatic rings. The zero-order valence-corrected chi connectivity index (χ0v) is 81.7. The maximum absolute atomic E-state index is 10.3. The molecular formula is C99H208O27. The van der Waals surface area contributed by atoms with Crippen LogP contribution in [0.15, 0.2) is 0 Å². The summed E-state index contributed by atoms with van der Waals surface area (Å²) in [4.78, 5) is 61.6. The van der Waals surface area contributed by atoms with Gasteiger partial charge in [-0.05, 0) is 38.5 Å². The number of unbranched alkanes of at least 4 members (excludes halogenated alkanes) is 60. The molecule has 0 radical (unpaired) electrons. The highest BCUT2D eigenvalue weighted by Crippen LogP contribution is 2.18. The lowest BCUT2D eigenvalue weighted by atomic mass is 10.1. The summed E-state index contributed by atoms with van der Waals surface area (Å²) in [5.74, 6) is -3.94. The van der Waals surface area contributed by atoms with Gasteiger partial charge in [-0.25, -0.2) is 0 Å². The highest BCUT2D eigenvalue weighted by atomic mass is 16.4. The van der Waals surface area contributed by atoms with Crippen LogP contribution in [0.5, 0.6) is 0 Å². The average Bonchev–Trinajstić information content (AvgIpc) is 1.12. The number of carboxylic acids is 6. The number of carboxylic acid groups (broad SMARTS) is 6. The summed E-state index contributed by atoms with van der Waals surface area (Å²) in [6.45, 7) is 9.84. The molecule has 0 bridgehead atoms. The Bertz CT molecular complexity index is 1590. The molecule has 0 atom stereocenters. The van der Waals surface area contributed by atoms with Crippen molar-refractivity contribution < 1.29 is 136 Å². The first-order chi connectivity index (χ1) is 60.7. The van der Waals surface area contributed by atoms with E-state index >= 15 is 0 Å². The fourth-order valence-corrected chi connectivity index (χ4v) is 11.9. The highest BCUT2D eigenvalue weighted by molar-refractivity contribution is 5.68. The molecule has 0 amide bonds. The van der Waals surface area contributed by atoms with Crippen LogP contribution >= 0.6 is 0 Å². The first-order valence-corrected chi connectivity index (χ1v) is 50.5. The second-order valence-electron chi connectivity index (χ2n) is 33.2. The van der Waals surface area contributed by atoms with E-state index < -0.39 is 66.3 Å². The van der Waals surface area contributed by atoms with Crippen molar-refractivity contribution >= 4 is 35.8 Å². The number of hydrogen-bond donors (Lipinski definition) is 21. The number of rotatable bonds is 82. The maximum Gasteiger partial charge on any atom is 0.303 e. The molecule has 0 saturated carbocycles. The van der Waals surface area contributed by atoms with E-state index in [1.54, 1.807) is 0 Å². The van der Waals surface area contributed by atoms with E-state index in [4.69, 9.17) is 107 Å². The van der Waals surface area contributed by atoms with E-state index in [9.17, 15) is 28.8 Å². The van der Waals surface area contributed by atoms with Gasteiger partial charge in [-0.15, -0.1) is 0 Å². The van der Waals surface area contributed by atoms with Crippen molar-refractivity contribution in [2.75, 3.05) is 66.1 Å². The minimum atomic E-state index is -0.954. The molecule has 766 valence electrons. The van der Waals surface area contributed by atoms with Gasteiger partial charge in [0, 0.05) is 38.5 Å². The molecule has 0 fully saturated rings. The molecule has 0 aliphatic carbocycles. The van der Waals surface area contributed by atoms with Gasteiger partial charge < -0.3 is 107 Å². The van der Waals surface area contributed by atoms with Crippen molar-refractivity contribution in [2.24, 2.45) is 0 Å². The van der Waals surface area contributed by atoms with Crippen molar-refractivity contribution in [3.05, 3.63) is 0 Å². The van der Waals surface area contributed by atoms with E-state index in [0.717, 1.165) is 77.0 Å². The Morgan fingerprint density at radius 1 is 0.135 bits per heavy atom. The maximum atomic E-state index is 10.3. The Labute approximate surface area is 768 Å². The van der Waals surface area contributed by atoms with Gasteiger partial charge in [-0.3, -0.25) is 28.8 Å². The molecule has 0 aliphatic rings. The van der Waals surface area contributed by atoms with Crippen molar-refractivity contribution in [3.63, 3.8) is 0 Å². The number of aliphatic hydroxyl groups excluding tert-OH is 15. The van der Waals surface area contributed by atoms with Gasteiger partial charge in [-0.1, -0.05) is 427 Å². The minimum absolute atomic E-state index is 0.344. The van der Waals surface area contributed by atoms with Crippen LogP contribution < -0.4 is 0 Å². The molecular weight excluding hydrogens is 1620 g/mol. The topological polar surface area (TPSA) is 527 Å². The third-order valence-corrected chi connectivity index (χ3v) is 20.1. The predicted octanol–water partition coefficient (Wildman–Crippen LogP) is 20.3. The van der Waals surface area contributed by atoms with Crippen LogP contribution in [0.1, 0.15) is 504 Å². The van der Waals surface area contributed by atoms with E-state index in [1.165, 1.54) is 347 Å². The third-order valence-electron chi connectivity index (χ3n) is 20.1. The van der Waals surface area contributed by atoms with E-state index in [1.807, 2.05) is 0 Å². The van der Waals surface area contributed by atoms with E-state index in [-0.39, 0.29) is 66.1 Å². The van der Waals surface area contributed by atoms with Crippen LogP contribution in [-0.2, 0) is 28.8 Å². The molecule has 27 heteroatoms. The smallest absolute Gasteiger partial charge is 0.303 e. The van der Waals surface area contributed by atoms with Gasteiger partial charge in [-0.2, -0.15) is 0 Å². The molecule has 0 unspecified atom stereocenters. The SMILES string of the molecule is CCCCCCCCCCCCCC(=O)O.CCCCCCCCCCCCCC(=O)O.CCCCCCCCCCCCCC(=O)O.CCCCCCCCCCCCCC(=O)O.CCCCCCCCCCCCCC(=O)O.CCCCCCCCCCCCCC(=O)O.OCC(O)CO.OCC(O)CO.OCC(O)CO.OCC(O)CO.OCC(O)CO. The number of carbonyl (C=O) groups is 6. The van der Waals surface area contributed by atoms with Crippen LogP contribution in [-0.4, -0.2) is 240 Å². The van der Waals surface area contributed by atoms with Crippen LogP contribution in [0.2, 0.25) is 0 Å². The van der Waals surface area contributed by atoms with E-state index in [2.05, 4.69) is 41.5 Å². The van der Waals surface area contributed by atoms with Gasteiger partial charge in [0.15, 0.2) is 0 Å². The van der Waals surface area contributed by atoms with Crippen LogP contribution in [0, 0.1) is 0 Å². The summed E-state index contributed by atoms with van der Waals surface area (Å²) < 4.78 is 0. The number of hydrogen-bond acceptors (Lipinski definition) is 21. The molecule has 0 aromatic heterocycles. The average molecular weight is 1830 g/mol. The summed E-state index contributed by atoms with van der Waals surface area (Å²) in [5.41, 5.74) is 0. The van der Waals surface area contributed by atoms with Gasteiger partial charge in [0.05, 0.1) is 66.1 Å². The highest BCUT2D eigenvalue weighted by Gasteiger charge is 2.05. The van der Waals surface area contributed by atoms with Crippen LogP contribution in [0.4, 0.5) is 0 Å². The molecule has 0 aromatic carbocycles.